The largest absolute Gasteiger partial charge is 0.366 e. The van der Waals surface area contributed by atoms with E-state index in [0.717, 1.165) is 0 Å². The van der Waals surface area contributed by atoms with Gasteiger partial charge in [-0.3, -0.25) is 9.59 Å². The Morgan fingerprint density at radius 1 is 1.32 bits per heavy atom. The summed E-state index contributed by atoms with van der Waals surface area (Å²) in [5.74, 6) is -0.926. The molecule has 0 fully saturated rings. The summed E-state index contributed by atoms with van der Waals surface area (Å²) in [5.41, 5.74) is 5.90. The first-order valence-corrected chi connectivity index (χ1v) is 7.18. The molecule has 0 saturated heterocycles. The predicted octanol–water partition coefficient (Wildman–Crippen LogP) is 3.52. The summed E-state index contributed by atoms with van der Waals surface area (Å²) < 4.78 is 0.708. The van der Waals surface area contributed by atoms with Gasteiger partial charge in [0, 0.05) is 10.0 Å². The average molecular weight is 360 g/mol. The van der Waals surface area contributed by atoms with Crippen molar-refractivity contribution in [2.45, 2.75) is 0 Å². The second-order valence-corrected chi connectivity index (χ2v) is 5.79. The molecule has 0 bridgehead atoms. The van der Waals surface area contributed by atoms with Gasteiger partial charge in [-0.15, -0.1) is 11.3 Å². The number of thiophene rings is 1. The Labute approximate surface area is 126 Å². The Kier molecular flexibility index (Phi) is 4.24. The minimum Gasteiger partial charge on any atom is -0.366 e. The molecule has 0 aliphatic carbocycles. The second kappa shape index (κ2) is 5.73. The van der Waals surface area contributed by atoms with Crippen LogP contribution in [-0.2, 0) is 0 Å². The predicted molar refractivity (Wildman–Crippen MR) is 79.9 cm³/mol. The highest BCUT2D eigenvalue weighted by Gasteiger charge is 2.14. The monoisotopic (exact) mass is 358 g/mol. The first-order chi connectivity index (χ1) is 8.99. The summed E-state index contributed by atoms with van der Waals surface area (Å²) in [6, 6.07) is 6.42. The number of hydrogen-bond donors (Lipinski definition) is 2. The zero-order valence-electron chi connectivity index (χ0n) is 9.44. The van der Waals surface area contributed by atoms with Crippen LogP contribution in [0.3, 0.4) is 0 Å². The minimum absolute atomic E-state index is 0.293. The molecule has 19 heavy (non-hydrogen) atoms. The van der Waals surface area contributed by atoms with Crippen molar-refractivity contribution in [3.8, 4) is 0 Å². The Morgan fingerprint density at radius 3 is 2.68 bits per heavy atom. The number of amides is 2. The fourth-order valence-corrected chi connectivity index (χ4v) is 2.63. The van der Waals surface area contributed by atoms with Crippen LogP contribution in [0.15, 0.2) is 34.1 Å². The van der Waals surface area contributed by atoms with Crippen molar-refractivity contribution >= 4 is 55.7 Å². The molecule has 4 nitrogen and oxygen atoms in total. The molecule has 2 amide bonds. The second-order valence-electron chi connectivity index (χ2n) is 3.61. The van der Waals surface area contributed by atoms with Crippen LogP contribution >= 0.6 is 38.9 Å². The highest BCUT2D eigenvalue weighted by molar-refractivity contribution is 9.10. The lowest BCUT2D eigenvalue weighted by Crippen LogP contribution is -2.16. The van der Waals surface area contributed by atoms with Crippen LogP contribution in [-0.4, -0.2) is 11.8 Å². The molecule has 2 rings (SSSR count). The standard InChI is InChI=1S/C12H8BrClN2O2S/c13-8-2-1-6(5-9(8)14)11(18)16-12-7(10(15)17)3-4-19-12/h1-5H,(H2,15,17)(H,16,18). The Balaban J connectivity index is 2.23. The van der Waals surface area contributed by atoms with Gasteiger partial charge in [0.05, 0.1) is 10.6 Å². The van der Waals surface area contributed by atoms with Crippen LogP contribution in [0.5, 0.6) is 0 Å². The van der Waals surface area contributed by atoms with Crippen LogP contribution in [0.4, 0.5) is 5.00 Å². The highest BCUT2D eigenvalue weighted by Crippen LogP contribution is 2.26. The Bertz CT molecular complexity index is 657. The molecule has 1 heterocycles. The molecule has 2 aromatic rings. The van der Waals surface area contributed by atoms with Gasteiger partial charge in [0.2, 0.25) is 0 Å². The zero-order chi connectivity index (χ0) is 14.0. The third-order valence-electron chi connectivity index (χ3n) is 2.34. The molecule has 98 valence electrons. The van der Waals surface area contributed by atoms with E-state index in [4.69, 9.17) is 17.3 Å². The summed E-state index contributed by atoms with van der Waals surface area (Å²) >= 11 is 10.4. The van der Waals surface area contributed by atoms with Crippen LogP contribution in [0.1, 0.15) is 20.7 Å². The van der Waals surface area contributed by atoms with Gasteiger partial charge in [0.1, 0.15) is 5.00 Å². The van der Waals surface area contributed by atoms with Gasteiger partial charge in [0.25, 0.3) is 11.8 Å². The van der Waals surface area contributed by atoms with Crippen molar-refractivity contribution in [2.24, 2.45) is 5.73 Å². The third-order valence-corrected chi connectivity index (χ3v) is 4.40. The average Bonchev–Trinajstić information content (AvgIpc) is 2.80. The van der Waals surface area contributed by atoms with Gasteiger partial charge < -0.3 is 11.1 Å². The third kappa shape index (κ3) is 3.15. The normalized spacial score (nSPS) is 10.2. The van der Waals surface area contributed by atoms with Crippen molar-refractivity contribution in [1.29, 1.82) is 0 Å². The number of hydrogen-bond acceptors (Lipinski definition) is 3. The number of nitrogens with two attached hydrogens (primary N) is 1. The van der Waals surface area contributed by atoms with E-state index in [1.807, 2.05) is 0 Å². The molecule has 7 heteroatoms. The number of rotatable bonds is 3. The van der Waals surface area contributed by atoms with Gasteiger partial charge in [-0.25, -0.2) is 0 Å². The van der Waals surface area contributed by atoms with E-state index in [1.165, 1.54) is 11.3 Å². The number of halogens is 2. The lowest BCUT2D eigenvalue weighted by atomic mass is 10.2. The molecule has 0 unspecified atom stereocenters. The van der Waals surface area contributed by atoms with E-state index >= 15 is 0 Å². The van der Waals surface area contributed by atoms with E-state index in [0.29, 0.717) is 25.6 Å². The summed E-state index contributed by atoms with van der Waals surface area (Å²) in [6.45, 7) is 0. The van der Waals surface area contributed by atoms with Crippen LogP contribution in [0.2, 0.25) is 5.02 Å². The van der Waals surface area contributed by atoms with E-state index in [1.54, 1.807) is 29.6 Å². The van der Waals surface area contributed by atoms with Crippen molar-refractivity contribution in [2.75, 3.05) is 5.32 Å². The van der Waals surface area contributed by atoms with E-state index in [2.05, 4.69) is 21.2 Å². The fraction of sp³-hybridized carbons (Fsp3) is 0. The lowest BCUT2D eigenvalue weighted by Gasteiger charge is -2.05. The minimum atomic E-state index is -0.578. The van der Waals surface area contributed by atoms with Crippen molar-refractivity contribution in [3.63, 3.8) is 0 Å². The molecule has 0 aliphatic heterocycles. The quantitative estimate of drug-likeness (QED) is 0.880. The van der Waals surface area contributed by atoms with Crippen molar-refractivity contribution in [3.05, 3.63) is 50.3 Å². The molecule has 1 aromatic carbocycles. The molecule has 0 radical (unpaired) electrons. The van der Waals surface area contributed by atoms with Gasteiger partial charge >= 0.3 is 0 Å². The van der Waals surface area contributed by atoms with Crippen LogP contribution in [0.25, 0.3) is 0 Å². The van der Waals surface area contributed by atoms with Crippen LogP contribution < -0.4 is 11.1 Å². The highest BCUT2D eigenvalue weighted by atomic mass is 79.9. The van der Waals surface area contributed by atoms with E-state index in [-0.39, 0.29) is 5.91 Å². The van der Waals surface area contributed by atoms with Crippen molar-refractivity contribution in [1.82, 2.24) is 0 Å². The number of anilines is 1. The summed E-state index contributed by atoms with van der Waals surface area (Å²) in [5, 5.41) is 5.19. The molecule has 0 aliphatic rings. The summed E-state index contributed by atoms with van der Waals surface area (Å²) in [7, 11) is 0. The van der Waals surface area contributed by atoms with E-state index in [9.17, 15) is 9.59 Å². The zero-order valence-corrected chi connectivity index (χ0v) is 12.6. The number of carbonyl (C=O) groups is 2. The van der Waals surface area contributed by atoms with Gasteiger partial charge in [-0.05, 0) is 45.6 Å². The van der Waals surface area contributed by atoms with Gasteiger partial charge in [-0.2, -0.15) is 0 Å². The van der Waals surface area contributed by atoms with Gasteiger partial charge in [-0.1, -0.05) is 11.6 Å². The molecule has 0 spiro atoms. The van der Waals surface area contributed by atoms with E-state index < -0.39 is 5.91 Å². The molecular weight excluding hydrogens is 352 g/mol. The maximum atomic E-state index is 12.0. The van der Waals surface area contributed by atoms with Crippen molar-refractivity contribution < 1.29 is 9.59 Å². The smallest absolute Gasteiger partial charge is 0.256 e. The van der Waals surface area contributed by atoms with Gasteiger partial charge in [0.15, 0.2) is 0 Å². The summed E-state index contributed by atoms with van der Waals surface area (Å²) in [4.78, 5) is 23.2. The summed E-state index contributed by atoms with van der Waals surface area (Å²) in [6.07, 6.45) is 0. The molecule has 0 saturated carbocycles. The molecule has 0 atom stereocenters. The Morgan fingerprint density at radius 2 is 2.05 bits per heavy atom. The molecule has 1 aromatic heterocycles. The van der Waals surface area contributed by atoms with Crippen LogP contribution in [0, 0.1) is 0 Å². The fourth-order valence-electron chi connectivity index (χ4n) is 1.41. The first kappa shape index (κ1) is 14.0. The SMILES string of the molecule is NC(=O)c1ccsc1NC(=O)c1ccc(Br)c(Cl)c1. The first-order valence-electron chi connectivity index (χ1n) is 5.12. The number of carbonyl (C=O) groups excluding carboxylic acids is 2. The number of benzene rings is 1. The maximum absolute atomic E-state index is 12.0. The topological polar surface area (TPSA) is 72.2 Å². The maximum Gasteiger partial charge on any atom is 0.256 e. The number of nitrogens with one attached hydrogen (secondary N) is 1. The Hall–Kier alpha value is -1.37. The lowest BCUT2D eigenvalue weighted by molar-refractivity contribution is 0.100. The number of primary amides is 1. The molecular formula is C12H8BrClN2O2S. The molecule has 3 N–H and O–H groups in total.